The van der Waals surface area contributed by atoms with Gasteiger partial charge in [-0.15, -0.1) is 0 Å². The minimum absolute atomic E-state index is 0.108. The van der Waals surface area contributed by atoms with Crippen molar-refractivity contribution < 1.29 is 9.59 Å². The lowest BCUT2D eigenvalue weighted by molar-refractivity contribution is -0.143. The van der Waals surface area contributed by atoms with Gasteiger partial charge < -0.3 is 14.7 Å². The smallest absolute Gasteiger partial charge is 0.222 e. The van der Waals surface area contributed by atoms with Crippen molar-refractivity contribution in [2.45, 2.75) is 38.5 Å². The van der Waals surface area contributed by atoms with Crippen molar-refractivity contribution in [3.05, 3.63) is 22.4 Å². The lowest BCUT2D eigenvalue weighted by atomic mass is 9.73. The Bertz CT molecular complexity index is 617. The van der Waals surface area contributed by atoms with E-state index in [-0.39, 0.29) is 17.2 Å². The largest absolute Gasteiger partial charge is 0.342 e. The van der Waals surface area contributed by atoms with Crippen LogP contribution in [0.5, 0.6) is 0 Å². The highest BCUT2D eigenvalue weighted by Gasteiger charge is 2.42. The van der Waals surface area contributed by atoms with E-state index in [1.807, 2.05) is 19.0 Å². The molecule has 0 radical (unpaired) electrons. The molecule has 6 heteroatoms. The zero-order valence-corrected chi connectivity index (χ0v) is 16.9. The van der Waals surface area contributed by atoms with Crippen LogP contribution in [-0.4, -0.2) is 73.3 Å². The van der Waals surface area contributed by atoms with Gasteiger partial charge in [0.05, 0.1) is 0 Å². The molecule has 0 aromatic carbocycles. The fourth-order valence-electron chi connectivity index (χ4n) is 4.22. The minimum atomic E-state index is 0.108. The van der Waals surface area contributed by atoms with Crippen LogP contribution in [0.15, 0.2) is 16.8 Å². The predicted octanol–water partition coefficient (Wildman–Crippen LogP) is 2.47. The summed E-state index contributed by atoms with van der Waals surface area (Å²) in [5, 5.41) is 4.19. The summed E-state index contributed by atoms with van der Waals surface area (Å²) in [7, 11) is 4.08. The van der Waals surface area contributed by atoms with Crippen LogP contribution in [-0.2, 0) is 16.0 Å². The molecule has 2 amide bonds. The summed E-state index contributed by atoms with van der Waals surface area (Å²) in [6, 6.07) is 2.10. The number of carbonyl (C=O) groups excluding carboxylic acids is 2. The summed E-state index contributed by atoms with van der Waals surface area (Å²) in [6.07, 6.45) is 5.17. The second-order valence-corrected chi connectivity index (χ2v) is 8.95. The van der Waals surface area contributed by atoms with Crippen molar-refractivity contribution in [2.24, 2.45) is 5.41 Å². The van der Waals surface area contributed by atoms with Gasteiger partial charge in [0.1, 0.15) is 0 Å². The van der Waals surface area contributed by atoms with E-state index in [1.54, 1.807) is 11.3 Å². The first-order chi connectivity index (χ1) is 12.5. The Kier molecular flexibility index (Phi) is 6.35. The normalized spacial score (nSPS) is 23.9. The summed E-state index contributed by atoms with van der Waals surface area (Å²) in [4.78, 5) is 31.2. The molecule has 144 valence electrons. The Morgan fingerprint density at radius 3 is 2.88 bits per heavy atom. The maximum atomic E-state index is 12.7. The third kappa shape index (κ3) is 4.86. The van der Waals surface area contributed by atoms with Crippen molar-refractivity contribution >= 4 is 23.2 Å². The Hall–Kier alpha value is -1.40. The van der Waals surface area contributed by atoms with E-state index in [4.69, 9.17) is 0 Å². The van der Waals surface area contributed by atoms with Crippen LogP contribution >= 0.6 is 11.3 Å². The average Bonchev–Trinajstić information content (AvgIpc) is 3.14. The number of thiophene rings is 1. The zero-order valence-electron chi connectivity index (χ0n) is 16.1. The van der Waals surface area contributed by atoms with Gasteiger partial charge in [0.15, 0.2) is 0 Å². The van der Waals surface area contributed by atoms with Gasteiger partial charge in [-0.1, -0.05) is 0 Å². The summed E-state index contributed by atoms with van der Waals surface area (Å²) in [5.74, 6) is 0.547. The second-order valence-electron chi connectivity index (χ2n) is 8.17. The van der Waals surface area contributed by atoms with Crippen molar-refractivity contribution in [1.82, 2.24) is 14.7 Å². The first-order valence-electron chi connectivity index (χ1n) is 9.69. The number of likely N-dealkylation sites (tertiary alicyclic amines) is 2. The highest BCUT2D eigenvalue weighted by atomic mass is 32.1. The standard InChI is InChI=1S/C20H31N3O2S/c1-21(2)11-12-23-16-20(9-6-19(23)25)8-3-10-22(15-20)18(24)5-4-17-7-13-26-14-17/h7,13-14H,3-6,8-12,15-16H2,1-2H3/t20-/m0/s1. The molecule has 2 fully saturated rings. The van der Waals surface area contributed by atoms with E-state index in [0.717, 1.165) is 58.4 Å². The lowest BCUT2D eigenvalue weighted by Gasteiger charge is -2.48. The van der Waals surface area contributed by atoms with Crippen molar-refractivity contribution in [3.63, 3.8) is 0 Å². The summed E-state index contributed by atoms with van der Waals surface area (Å²) < 4.78 is 0. The zero-order chi connectivity index (χ0) is 18.6. The fraction of sp³-hybridized carbons (Fsp3) is 0.700. The van der Waals surface area contributed by atoms with E-state index in [1.165, 1.54) is 5.56 Å². The molecule has 26 heavy (non-hydrogen) atoms. The number of piperidine rings is 2. The van der Waals surface area contributed by atoms with Gasteiger partial charge in [-0.25, -0.2) is 0 Å². The quantitative estimate of drug-likeness (QED) is 0.765. The minimum Gasteiger partial charge on any atom is -0.342 e. The topological polar surface area (TPSA) is 43.9 Å². The maximum Gasteiger partial charge on any atom is 0.222 e. The molecule has 0 N–H and O–H groups in total. The molecule has 0 unspecified atom stereocenters. The van der Waals surface area contributed by atoms with Crippen LogP contribution in [0.1, 0.15) is 37.7 Å². The molecule has 0 aliphatic carbocycles. The monoisotopic (exact) mass is 377 g/mol. The molecule has 2 aliphatic rings. The van der Waals surface area contributed by atoms with Gasteiger partial charge in [0, 0.05) is 51.0 Å². The molecule has 2 aliphatic heterocycles. The number of aryl methyl sites for hydroxylation is 1. The Labute approximate surface area is 161 Å². The molecular weight excluding hydrogens is 346 g/mol. The average molecular weight is 378 g/mol. The molecule has 1 spiro atoms. The number of hydrogen-bond acceptors (Lipinski definition) is 4. The Balaban J connectivity index is 1.57. The number of carbonyl (C=O) groups is 2. The Morgan fingerprint density at radius 1 is 1.31 bits per heavy atom. The molecular formula is C20H31N3O2S. The van der Waals surface area contributed by atoms with Crippen LogP contribution < -0.4 is 0 Å². The van der Waals surface area contributed by atoms with Crippen LogP contribution in [0.2, 0.25) is 0 Å². The van der Waals surface area contributed by atoms with Crippen molar-refractivity contribution in [1.29, 1.82) is 0 Å². The van der Waals surface area contributed by atoms with E-state index in [9.17, 15) is 9.59 Å². The van der Waals surface area contributed by atoms with E-state index in [0.29, 0.717) is 12.8 Å². The molecule has 3 rings (SSSR count). The highest BCUT2D eigenvalue weighted by molar-refractivity contribution is 7.07. The first kappa shape index (κ1) is 19.4. The molecule has 2 saturated heterocycles. The SMILES string of the molecule is CN(C)CCN1C[C@@]2(CCCN(C(=O)CCc3ccsc3)C2)CCC1=O. The number of likely N-dealkylation sites (N-methyl/N-ethyl adjacent to an activating group) is 1. The molecule has 0 saturated carbocycles. The predicted molar refractivity (Wildman–Crippen MR) is 105 cm³/mol. The molecule has 3 heterocycles. The van der Waals surface area contributed by atoms with Crippen LogP contribution in [0.25, 0.3) is 0 Å². The van der Waals surface area contributed by atoms with Gasteiger partial charge in [-0.05, 0) is 62.2 Å². The van der Waals surface area contributed by atoms with Gasteiger partial charge in [-0.2, -0.15) is 11.3 Å². The molecule has 1 aromatic heterocycles. The number of hydrogen-bond donors (Lipinski definition) is 0. The third-order valence-corrected chi connectivity index (χ3v) is 6.52. The fourth-order valence-corrected chi connectivity index (χ4v) is 4.93. The van der Waals surface area contributed by atoms with Crippen LogP contribution in [0.3, 0.4) is 0 Å². The van der Waals surface area contributed by atoms with E-state index >= 15 is 0 Å². The Morgan fingerprint density at radius 2 is 2.15 bits per heavy atom. The van der Waals surface area contributed by atoms with Crippen molar-refractivity contribution in [2.75, 3.05) is 46.8 Å². The summed E-state index contributed by atoms with van der Waals surface area (Å²) in [6.45, 7) is 4.19. The van der Waals surface area contributed by atoms with Crippen molar-refractivity contribution in [3.8, 4) is 0 Å². The van der Waals surface area contributed by atoms with Crippen LogP contribution in [0.4, 0.5) is 0 Å². The molecule has 1 aromatic rings. The molecule has 1 atom stereocenters. The van der Waals surface area contributed by atoms with E-state index < -0.39 is 0 Å². The molecule has 0 bridgehead atoms. The van der Waals surface area contributed by atoms with Gasteiger partial charge in [0.25, 0.3) is 0 Å². The lowest BCUT2D eigenvalue weighted by Crippen LogP contribution is -2.55. The molecule has 5 nitrogen and oxygen atoms in total. The van der Waals surface area contributed by atoms with E-state index in [2.05, 4.69) is 26.6 Å². The van der Waals surface area contributed by atoms with Gasteiger partial charge in [0.2, 0.25) is 11.8 Å². The number of rotatable bonds is 6. The third-order valence-electron chi connectivity index (χ3n) is 5.79. The summed E-state index contributed by atoms with van der Waals surface area (Å²) in [5.41, 5.74) is 1.37. The summed E-state index contributed by atoms with van der Waals surface area (Å²) >= 11 is 1.69. The number of amides is 2. The van der Waals surface area contributed by atoms with Gasteiger partial charge >= 0.3 is 0 Å². The van der Waals surface area contributed by atoms with Gasteiger partial charge in [-0.3, -0.25) is 9.59 Å². The number of nitrogens with zero attached hydrogens (tertiary/aromatic N) is 3. The maximum absolute atomic E-state index is 12.7. The van der Waals surface area contributed by atoms with Crippen LogP contribution in [0, 0.1) is 5.41 Å². The first-order valence-corrected chi connectivity index (χ1v) is 10.6. The second kappa shape index (κ2) is 8.53. The highest BCUT2D eigenvalue weighted by Crippen LogP contribution is 2.39.